The number of fused-ring (bicyclic) bond motifs is 1. The van der Waals surface area contributed by atoms with Gasteiger partial charge in [-0.2, -0.15) is 0 Å². The van der Waals surface area contributed by atoms with Crippen molar-refractivity contribution < 1.29 is 9.90 Å². The lowest BCUT2D eigenvalue weighted by atomic mass is 10.3. The lowest BCUT2D eigenvalue weighted by Gasteiger charge is -1.82. The normalized spacial score (nSPS) is 8.93. The van der Waals surface area contributed by atoms with Gasteiger partial charge < -0.3 is 10.4 Å². The topological polar surface area (TPSA) is 49.3 Å². The number of hydrogen-bond acceptors (Lipinski definition) is 2. The van der Waals surface area contributed by atoms with Crippen LogP contribution in [0.25, 0.3) is 10.1 Å². The molecule has 2 rings (SSSR count). The number of carbonyl (C=O) groups is 1. The van der Waals surface area contributed by atoms with Crippen molar-refractivity contribution in [1.82, 2.24) is 5.32 Å². The lowest BCUT2D eigenvalue weighted by molar-refractivity contribution is 0.197. The molecule has 14 heavy (non-hydrogen) atoms. The Morgan fingerprint density at radius 2 is 2.00 bits per heavy atom. The van der Waals surface area contributed by atoms with Crippen molar-refractivity contribution >= 4 is 27.5 Å². The fourth-order valence-corrected chi connectivity index (χ4v) is 1.70. The third-order valence-corrected chi connectivity index (χ3v) is 2.47. The number of rotatable bonds is 0. The lowest BCUT2D eigenvalue weighted by Crippen LogP contribution is -2.13. The smallest absolute Gasteiger partial charge is 0.404 e. The number of benzene rings is 1. The van der Waals surface area contributed by atoms with E-state index in [1.165, 1.54) is 17.1 Å². The molecular formula is C10H11NO2S. The van der Waals surface area contributed by atoms with Gasteiger partial charge in [-0.1, -0.05) is 18.2 Å². The summed E-state index contributed by atoms with van der Waals surface area (Å²) in [5.41, 5.74) is 0. The van der Waals surface area contributed by atoms with E-state index in [0.29, 0.717) is 0 Å². The van der Waals surface area contributed by atoms with Crippen LogP contribution in [0, 0.1) is 0 Å². The second kappa shape index (κ2) is 5.24. The SMILES string of the molecule is CNC(=O)O.c1ccc2sccc2c1. The third-order valence-electron chi connectivity index (χ3n) is 1.58. The van der Waals surface area contributed by atoms with Crippen molar-refractivity contribution in [2.24, 2.45) is 0 Å². The Morgan fingerprint density at radius 3 is 2.57 bits per heavy atom. The van der Waals surface area contributed by atoms with Gasteiger partial charge in [-0.05, 0) is 22.9 Å². The molecule has 2 aromatic rings. The molecule has 0 spiro atoms. The summed E-state index contributed by atoms with van der Waals surface area (Å²) >= 11 is 1.79. The van der Waals surface area contributed by atoms with Gasteiger partial charge in [0.1, 0.15) is 0 Å². The summed E-state index contributed by atoms with van der Waals surface area (Å²) in [6.45, 7) is 0. The van der Waals surface area contributed by atoms with E-state index in [2.05, 4.69) is 35.7 Å². The summed E-state index contributed by atoms with van der Waals surface area (Å²) < 4.78 is 1.37. The molecule has 1 amide bonds. The highest BCUT2D eigenvalue weighted by atomic mass is 32.1. The van der Waals surface area contributed by atoms with Crippen LogP contribution in [-0.4, -0.2) is 18.2 Å². The summed E-state index contributed by atoms with van der Waals surface area (Å²) in [7, 11) is 1.35. The summed E-state index contributed by atoms with van der Waals surface area (Å²) in [5.74, 6) is 0. The molecule has 0 atom stereocenters. The monoisotopic (exact) mass is 209 g/mol. The molecule has 0 aliphatic rings. The van der Waals surface area contributed by atoms with Crippen LogP contribution >= 0.6 is 11.3 Å². The molecule has 0 radical (unpaired) electrons. The molecule has 4 heteroatoms. The van der Waals surface area contributed by atoms with Gasteiger partial charge in [-0.15, -0.1) is 11.3 Å². The fourth-order valence-electron chi connectivity index (χ4n) is 0.906. The largest absolute Gasteiger partial charge is 0.465 e. The van der Waals surface area contributed by atoms with Gasteiger partial charge in [-0.3, -0.25) is 0 Å². The first kappa shape index (κ1) is 10.5. The molecule has 0 fully saturated rings. The number of carboxylic acid groups (broad SMARTS) is 1. The summed E-state index contributed by atoms with van der Waals surface area (Å²) in [5, 5.41) is 13.0. The minimum atomic E-state index is -0.995. The average molecular weight is 209 g/mol. The van der Waals surface area contributed by atoms with E-state index < -0.39 is 6.09 Å². The predicted molar refractivity (Wildman–Crippen MR) is 58.9 cm³/mol. The molecule has 1 heterocycles. The van der Waals surface area contributed by atoms with Gasteiger partial charge in [-0.25, -0.2) is 4.79 Å². The van der Waals surface area contributed by atoms with Crippen LogP contribution in [-0.2, 0) is 0 Å². The van der Waals surface area contributed by atoms with E-state index >= 15 is 0 Å². The molecule has 1 aromatic carbocycles. The summed E-state index contributed by atoms with van der Waals surface area (Å²) in [4.78, 5) is 9.26. The molecule has 3 nitrogen and oxygen atoms in total. The molecule has 0 bridgehead atoms. The van der Waals surface area contributed by atoms with Crippen molar-refractivity contribution in [2.75, 3.05) is 7.05 Å². The van der Waals surface area contributed by atoms with Crippen LogP contribution in [0.5, 0.6) is 0 Å². The molecule has 0 aliphatic heterocycles. The van der Waals surface area contributed by atoms with Gasteiger partial charge in [0.15, 0.2) is 0 Å². The fraction of sp³-hybridized carbons (Fsp3) is 0.100. The molecule has 0 unspecified atom stereocenters. The zero-order valence-corrected chi connectivity index (χ0v) is 8.54. The Balaban J connectivity index is 0.000000171. The zero-order valence-electron chi connectivity index (χ0n) is 7.73. The van der Waals surface area contributed by atoms with Crippen molar-refractivity contribution in [2.45, 2.75) is 0 Å². The first-order valence-corrected chi connectivity index (χ1v) is 4.95. The van der Waals surface area contributed by atoms with Crippen LogP contribution in [0.4, 0.5) is 4.79 Å². The molecule has 0 aliphatic carbocycles. The van der Waals surface area contributed by atoms with Gasteiger partial charge in [0.2, 0.25) is 0 Å². The summed E-state index contributed by atoms with van der Waals surface area (Å²) in [6, 6.07) is 10.5. The van der Waals surface area contributed by atoms with Gasteiger partial charge in [0.25, 0.3) is 0 Å². The van der Waals surface area contributed by atoms with Crippen molar-refractivity contribution in [3.8, 4) is 0 Å². The number of thiophene rings is 1. The maximum Gasteiger partial charge on any atom is 0.404 e. The maximum absolute atomic E-state index is 9.26. The third kappa shape index (κ3) is 3.06. The second-order valence-corrected chi connectivity index (χ2v) is 3.46. The minimum absolute atomic E-state index is 0.995. The Bertz CT molecular complexity index is 381. The van der Waals surface area contributed by atoms with E-state index in [1.54, 1.807) is 11.3 Å². The highest BCUT2D eigenvalue weighted by Crippen LogP contribution is 2.18. The van der Waals surface area contributed by atoms with E-state index in [0.717, 1.165) is 0 Å². The molecular weight excluding hydrogens is 198 g/mol. The highest BCUT2D eigenvalue weighted by Gasteiger charge is 1.87. The van der Waals surface area contributed by atoms with Crippen molar-refractivity contribution in [3.63, 3.8) is 0 Å². The van der Waals surface area contributed by atoms with Crippen LogP contribution in [0.15, 0.2) is 35.7 Å². The molecule has 2 N–H and O–H groups in total. The Kier molecular flexibility index (Phi) is 3.94. The number of amides is 1. The van der Waals surface area contributed by atoms with Gasteiger partial charge in [0.05, 0.1) is 0 Å². The standard InChI is InChI=1S/C8H6S.C2H5NO2/c1-2-4-8-7(3-1)5-6-9-8;1-3-2(4)5/h1-6H;3H,1H3,(H,4,5). The van der Waals surface area contributed by atoms with E-state index in [4.69, 9.17) is 5.11 Å². The van der Waals surface area contributed by atoms with E-state index in [9.17, 15) is 4.79 Å². The molecule has 74 valence electrons. The Labute approximate surface area is 86.0 Å². The predicted octanol–water partition coefficient (Wildman–Crippen LogP) is 2.79. The first-order valence-electron chi connectivity index (χ1n) is 4.07. The molecule has 0 saturated carbocycles. The van der Waals surface area contributed by atoms with Crippen molar-refractivity contribution in [3.05, 3.63) is 35.7 Å². The number of nitrogens with one attached hydrogen (secondary N) is 1. The first-order chi connectivity index (χ1) is 6.74. The molecule has 0 saturated heterocycles. The number of hydrogen-bond donors (Lipinski definition) is 2. The van der Waals surface area contributed by atoms with Gasteiger partial charge in [0, 0.05) is 11.7 Å². The maximum atomic E-state index is 9.26. The highest BCUT2D eigenvalue weighted by molar-refractivity contribution is 7.17. The van der Waals surface area contributed by atoms with Crippen LogP contribution < -0.4 is 5.32 Å². The minimum Gasteiger partial charge on any atom is -0.465 e. The van der Waals surface area contributed by atoms with E-state index in [-0.39, 0.29) is 0 Å². The van der Waals surface area contributed by atoms with Crippen LogP contribution in [0.3, 0.4) is 0 Å². The second-order valence-electron chi connectivity index (χ2n) is 2.51. The molecule has 1 aromatic heterocycles. The van der Waals surface area contributed by atoms with E-state index in [1.807, 2.05) is 5.32 Å². The quantitative estimate of drug-likeness (QED) is 0.701. The Morgan fingerprint density at radius 1 is 1.36 bits per heavy atom. The summed E-state index contributed by atoms with van der Waals surface area (Å²) in [6.07, 6.45) is -0.995. The van der Waals surface area contributed by atoms with Crippen LogP contribution in [0.2, 0.25) is 0 Å². The zero-order chi connectivity index (χ0) is 10.4. The Hall–Kier alpha value is -1.55. The van der Waals surface area contributed by atoms with Gasteiger partial charge >= 0.3 is 6.09 Å². The van der Waals surface area contributed by atoms with Crippen molar-refractivity contribution in [1.29, 1.82) is 0 Å². The average Bonchev–Trinajstić information content (AvgIpc) is 2.66. The van der Waals surface area contributed by atoms with Crippen LogP contribution in [0.1, 0.15) is 0 Å².